The van der Waals surface area contributed by atoms with Crippen LogP contribution in [-0.2, 0) is 4.74 Å². The van der Waals surface area contributed by atoms with Crippen molar-refractivity contribution in [3.8, 4) is 0 Å². The molecule has 1 aromatic heterocycles. The number of nitrogens with one attached hydrogen (secondary N) is 1. The summed E-state index contributed by atoms with van der Waals surface area (Å²) < 4.78 is 11.2. The van der Waals surface area contributed by atoms with Crippen molar-refractivity contribution in [3.63, 3.8) is 0 Å². The van der Waals surface area contributed by atoms with Crippen molar-refractivity contribution in [2.75, 3.05) is 0 Å². The Bertz CT molecular complexity index is 1020. The minimum Gasteiger partial charge on any atom is -0.467 e. The average Bonchev–Trinajstić information content (AvgIpc) is 3.35. The minimum absolute atomic E-state index is 0.0535. The molecule has 0 unspecified atom stereocenters. The first kappa shape index (κ1) is 26.8. The molecule has 2 N–H and O–H groups in total. The Morgan fingerprint density at radius 1 is 0.943 bits per heavy atom. The van der Waals surface area contributed by atoms with Crippen molar-refractivity contribution in [2.24, 2.45) is 5.92 Å². The lowest BCUT2D eigenvalue weighted by Gasteiger charge is -2.42. The van der Waals surface area contributed by atoms with Crippen LogP contribution in [0, 0.1) is 5.92 Å². The van der Waals surface area contributed by atoms with Gasteiger partial charge >= 0.3 is 6.09 Å². The van der Waals surface area contributed by atoms with E-state index in [-0.39, 0.29) is 17.0 Å². The molecule has 35 heavy (non-hydrogen) atoms. The molecular weight excluding hydrogens is 454 g/mol. The topological polar surface area (TPSA) is 71.7 Å². The highest BCUT2D eigenvalue weighted by Gasteiger charge is 2.49. The number of amides is 1. The molecule has 5 nitrogen and oxygen atoms in total. The van der Waals surface area contributed by atoms with E-state index in [1.165, 1.54) is 0 Å². The lowest BCUT2D eigenvalue weighted by atomic mass is 9.91. The highest BCUT2D eigenvalue weighted by Crippen LogP contribution is 2.42. The molecule has 0 saturated heterocycles. The Balaban J connectivity index is 1.84. The van der Waals surface area contributed by atoms with Crippen molar-refractivity contribution in [3.05, 3.63) is 84.8 Å². The third-order valence-corrected chi connectivity index (χ3v) is 11.2. The van der Waals surface area contributed by atoms with Crippen LogP contribution in [0.5, 0.6) is 0 Å². The van der Waals surface area contributed by atoms with Crippen LogP contribution in [0.25, 0.3) is 0 Å². The summed E-state index contributed by atoms with van der Waals surface area (Å²) in [7, 11) is -3.10. The predicted octanol–water partition coefficient (Wildman–Crippen LogP) is 5.79. The van der Waals surface area contributed by atoms with E-state index in [4.69, 9.17) is 9.15 Å². The van der Waals surface area contributed by atoms with Gasteiger partial charge in [0.15, 0.2) is 0 Å². The molecule has 3 aromatic rings. The molecule has 1 amide bonds. The first-order valence-corrected chi connectivity index (χ1v) is 14.2. The van der Waals surface area contributed by atoms with Crippen LogP contribution in [0.1, 0.15) is 66.2 Å². The average molecular weight is 494 g/mol. The van der Waals surface area contributed by atoms with Gasteiger partial charge in [-0.1, -0.05) is 81.4 Å². The number of rotatable bonds is 9. The largest absolute Gasteiger partial charge is 0.467 e. The summed E-state index contributed by atoms with van der Waals surface area (Å²) in [5, 5.41) is 4.63. The van der Waals surface area contributed by atoms with Gasteiger partial charge in [-0.15, -0.1) is 0 Å². The molecule has 0 saturated carbocycles. The number of carbonyl (C=O) groups is 1. The second-order valence-electron chi connectivity index (χ2n) is 11.0. The fourth-order valence-electron chi connectivity index (χ4n) is 4.64. The number of carbonyl (C=O) groups excluding carboxylic acids is 1. The van der Waals surface area contributed by atoms with Crippen molar-refractivity contribution in [1.82, 2.24) is 5.32 Å². The van der Waals surface area contributed by atoms with Gasteiger partial charge in [0, 0.05) is 0 Å². The number of ether oxygens (including phenoxy) is 1. The number of furan rings is 1. The van der Waals surface area contributed by atoms with Gasteiger partial charge in [0.05, 0.1) is 12.3 Å². The lowest BCUT2D eigenvalue weighted by Crippen LogP contribution is -2.65. The molecule has 2 aromatic carbocycles. The van der Waals surface area contributed by atoms with Crippen LogP contribution >= 0.6 is 0 Å². The first-order chi connectivity index (χ1) is 16.4. The lowest BCUT2D eigenvalue weighted by molar-refractivity contribution is 0.0475. The summed E-state index contributed by atoms with van der Waals surface area (Å²) in [4.78, 5) is 25.0. The van der Waals surface area contributed by atoms with Gasteiger partial charge in [-0.25, -0.2) is 4.79 Å². The van der Waals surface area contributed by atoms with E-state index >= 15 is 0 Å². The summed E-state index contributed by atoms with van der Waals surface area (Å²) in [6.07, 6.45) is 2.70. The van der Waals surface area contributed by atoms with Crippen LogP contribution < -0.4 is 15.7 Å². The maximum Gasteiger partial charge on any atom is 0.408 e. The molecule has 2 atom stereocenters. The van der Waals surface area contributed by atoms with Crippen LogP contribution in [0.3, 0.4) is 0 Å². The van der Waals surface area contributed by atoms with Gasteiger partial charge in [0.2, 0.25) is 0 Å². The molecular formula is C29H39NO4Si. The molecule has 3 rings (SSSR count). The highest BCUT2D eigenvalue weighted by molar-refractivity contribution is 6.98. The van der Waals surface area contributed by atoms with Gasteiger partial charge in [-0.05, 0) is 67.1 Å². The molecule has 1 heterocycles. The van der Waals surface area contributed by atoms with Gasteiger partial charge in [-0.3, -0.25) is 0 Å². The van der Waals surface area contributed by atoms with E-state index in [9.17, 15) is 9.59 Å². The summed E-state index contributed by atoms with van der Waals surface area (Å²) in [6, 6.07) is 23.5. The van der Waals surface area contributed by atoms with Gasteiger partial charge in [-0.2, -0.15) is 0 Å². The van der Waals surface area contributed by atoms with Gasteiger partial charge in [0.25, 0.3) is 8.32 Å². The van der Waals surface area contributed by atoms with Crippen molar-refractivity contribution >= 4 is 24.8 Å². The molecule has 0 fully saturated rings. The third-order valence-electron chi connectivity index (χ3n) is 6.68. The van der Waals surface area contributed by atoms with Crippen LogP contribution in [-0.4, -0.2) is 24.8 Å². The van der Waals surface area contributed by atoms with Crippen molar-refractivity contribution in [1.29, 1.82) is 0 Å². The monoisotopic (exact) mass is 493 g/mol. The summed E-state index contributed by atoms with van der Waals surface area (Å²) in [6.45, 7) is 12.0. The van der Waals surface area contributed by atoms with Crippen molar-refractivity contribution in [2.45, 2.75) is 71.1 Å². The van der Waals surface area contributed by atoms with Crippen LogP contribution in [0.15, 0.2) is 83.5 Å². The fourth-order valence-corrected chi connectivity index (χ4v) is 8.39. The number of hydrogen-bond acceptors (Lipinski definition) is 4. The predicted molar refractivity (Wildman–Crippen MR) is 143 cm³/mol. The zero-order chi connectivity index (χ0) is 25.7. The fraction of sp³-hybridized carbons (Fsp3) is 0.414. The van der Waals surface area contributed by atoms with Gasteiger partial charge < -0.3 is 19.3 Å². The molecule has 0 bridgehead atoms. The van der Waals surface area contributed by atoms with E-state index in [1.54, 1.807) is 6.26 Å². The molecule has 0 spiro atoms. The van der Waals surface area contributed by atoms with E-state index in [0.29, 0.717) is 5.76 Å². The Hall–Kier alpha value is -2.83. The second-order valence-corrected chi connectivity index (χ2v) is 14.9. The zero-order valence-corrected chi connectivity index (χ0v) is 22.7. The quantitative estimate of drug-likeness (QED) is 0.370. The first-order valence-electron chi connectivity index (χ1n) is 12.3. The van der Waals surface area contributed by atoms with Crippen LogP contribution in [0.2, 0.25) is 5.04 Å². The standard InChI is InChI=1S/C29H39NO4Si/c1-22(26(25-18-13-21-33-25)30-27(31)34-28(2,3)4)19-20-29(5,6)35(32,23-14-9-7-10-15-23)24-16-11-8-12-17-24/h7-18,21-22,26,32H,19-20H2,1-6H3,(H,30,31)/t22-,26+/m1/s1. The maximum atomic E-state index is 12.6. The Morgan fingerprint density at radius 2 is 1.49 bits per heavy atom. The summed E-state index contributed by atoms with van der Waals surface area (Å²) in [5.41, 5.74) is -0.587. The molecule has 0 aliphatic rings. The number of alkyl carbamates (subject to hydrolysis) is 1. The molecule has 188 valence electrons. The number of benzene rings is 2. The molecule has 0 aliphatic carbocycles. The van der Waals surface area contributed by atoms with E-state index in [0.717, 1.165) is 23.2 Å². The molecule has 0 aliphatic heterocycles. The zero-order valence-electron chi connectivity index (χ0n) is 21.7. The summed E-state index contributed by atoms with van der Waals surface area (Å²) in [5.74, 6) is 0.748. The van der Waals surface area contributed by atoms with Crippen LogP contribution in [0.4, 0.5) is 4.79 Å². The number of hydrogen-bond donors (Lipinski definition) is 2. The van der Waals surface area contributed by atoms with Crippen molar-refractivity contribution < 1.29 is 18.7 Å². The normalized spacial score (nSPS) is 14.3. The Kier molecular flexibility index (Phi) is 8.29. The molecule has 6 heteroatoms. The maximum absolute atomic E-state index is 12.6. The Morgan fingerprint density at radius 3 is 1.94 bits per heavy atom. The minimum atomic E-state index is -3.10. The molecule has 0 radical (unpaired) electrons. The third kappa shape index (κ3) is 6.44. The summed E-state index contributed by atoms with van der Waals surface area (Å²) >= 11 is 0. The highest BCUT2D eigenvalue weighted by atomic mass is 28.4. The smallest absolute Gasteiger partial charge is 0.408 e. The Labute approximate surface area is 210 Å². The van der Waals surface area contributed by atoms with E-state index in [2.05, 4.69) is 26.1 Å². The van der Waals surface area contributed by atoms with Gasteiger partial charge in [0.1, 0.15) is 11.4 Å². The second kappa shape index (κ2) is 10.8. The SMILES string of the molecule is C[C@H](CCC(C)(C)[Si](O)(c1ccccc1)c1ccccc1)[C@H](NC(=O)OC(C)(C)C)c1ccco1. The van der Waals surface area contributed by atoms with E-state index in [1.807, 2.05) is 93.6 Å². The van der Waals surface area contributed by atoms with E-state index < -0.39 is 20.0 Å².